The lowest BCUT2D eigenvalue weighted by atomic mass is 9.57. The SMILES string of the molecule is CCNC(=NCC1Cc2ccccc2O1)NC1C2CCOC2C1(C)C.I. The Hall–Kier alpha value is -1.02. The number of para-hydroxylation sites is 1. The minimum atomic E-state index is 0. The fraction of sp³-hybridized carbons (Fsp3) is 0.650. The summed E-state index contributed by atoms with van der Waals surface area (Å²) in [5.41, 5.74) is 1.43. The van der Waals surface area contributed by atoms with Crippen molar-refractivity contribution in [2.24, 2.45) is 16.3 Å². The summed E-state index contributed by atoms with van der Waals surface area (Å²) in [6, 6.07) is 8.69. The van der Waals surface area contributed by atoms with E-state index in [9.17, 15) is 0 Å². The Morgan fingerprint density at radius 2 is 2.12 bits per heavy atom. The zero-order valence-electron chi connectivity index (χ0n) is 15.8. The Bertz CT molecular complexity index is 639. The highest BCUT2D eigenvalue weighted by Gasteiger charge is 2.59. The van der Waals surface area contributed by atoms with Crippen LogP contribution in [0.25, 0.3) is 0 Å². The molecule has 2 N–H and O–H groups in total. The predicted molar refractivity (Wildman–Crippen MR) is 115 cm³/mol. The smallest absolute Gasteiger partial charge is 0.191 e. The van der Waals surface area contributed by atoms with Crippen LogP contribution in [-0.2, 0) is 11.2 Å². The second kappa shape index (κ2) is 7.92. The molecular formula is C20H30IN3O2. The quantitative estimate of drug-likeness (QED) is 0.403. The van der Waals surface area contributed by atoms with Gasteiger partial charge in [0.15, 0.2) is 5.96 Å². The Morgan fingerprint density at radius 1 is 1.31 bits per heavy atom. The monoisotopic (exact) mass is 471 g/mol. The number of nitrogens with zero attached hydrogens (tertiary/aromatic N) is 1. The van der Waals surface area contributed by atoms with E-state index in [2.05, 4.69) is 43.5 Å². The molecule has 2 fully saturated rings. The van der Waals surface area contributed by atoms with Crippen molar-refractivity contribution in [3.8, 4) is 5.75 Å². The number of aliphatic imine (C=N–C) groups is 1. The first-order chi connectivity index (χ1) is 12.1. The summed E-state index contributed by atoms with van der Waals surface area (Å²) in [5, 5.41) is 7.05. The second-order valence-corrected chi connectivity index (χ2v) is 7.96. The van der Waals surface area contributed by atoms with E-state index in [0.29, 0.717) is 24.6 Å². The van der Waals surface area contributed by atoms with E-state index < -0.39 is 0 Å². The Morgan fingerprint density at radius 3 is 2.88 bits per heavy atom. The van der Waals surface area contributed by atoms with Crippen LogP contribution in [-0.4, -0.2) is 43.9 Å². The first-order valence-corrected chi connectivity index (χ1v) is 9.50. The van der Waals surface area contributed by atoms with Gasteiger partial charge in [-0.2, -0.15) is 0 Å². The van der Waals surface area contributed by atoms with Crippen LogP contribution in [0, 0.1) is 11.3 Å². The number of benzene rings is 1. The van der Waals surface area contributed by atoms with Crippen LogP contribution >= 0.6 is 24.0 Å². The van der Waals surface area contributed by atoms with Crippen molar-refractivity contribution >= 4 is 29.9 Å². The summed E-state index contributed by atoms with van der Waals surface area (Å²) >= 11 is 0. The van der Waals surface area contributed by atoms with Crippen LogP contribution in [0.5, 0.6) is 5.75 Å². The third-order valence-electron chi connectivity index (χ3n) is 5.90. The third-order valence-corrected chi connectivity index (χ3v) is 5.90. The van der Waals surface area contributed by atoms with Crippen molar-refractivity contribution in [3.05, 3.63) is 29.8 Å². The van der Waals surface area contributed by atoms with E-state index in [0.717, 1.165) is 37.7 Å². The van der Waals surface area contributed by atoms with E-state index in [-0.39, 0.29) is 35.5 Å². The maximum absolute atomic E-state index is 6.01. The zero-order valence-corrected chi connectivity index (χ0v) is 18.2. The molecule has 144 valence electrons. The molecule has 0 radical (unpaired) electrons. The largest absolute Gasteiger partial charge is 0.488 e. The molecule has 0 aromatic heterocycles. The molecule has 1 saturated heterocycles. The van der Waals surface area contributed by atoms with Gasteiger partial charge in [0.25, 0.3) is 0 Å². The predicted octanol–water partition coefficient (Wildman–Crippen LogP) is 2.98. The number of hydrogen-bond donors (Lipinski definition) is 2. The van der Waals surface area contributed by atoms with Crippen molar-refractivity contribution in [1.82, 2.24) is 10.6 Å². The number of rotatable bonds is 4. The molecule has 0 bridgehead atoms. The molecule has 2 aliphatic heterocycles. The first-order valence-electron chi connectivity index (χ1n) is 9.50. The van der Waals surface area contributed by atoms with Gasteiger partial charge < -0.3 is 20.1 Å². The van der Waals surface area contributed by atoms with E-state index in [1.165, 1.54) is 5.56 Å². The van der Waals surface area contributed by atoms with Gasteiger partial charge >= 0.3 is 0 Å². The molecule has 0 amide bonds. The summed E-state index contributed by atoms with van der Waals surface area (Å²) in [6.45, 7) is 9.09. The van der Waals surface area contributed by atoms with Crippen molar-refractivity contribution in [3.63, 3.8) is 0 Å². The second-order valence-electron chi connectivity index (χ2n) is 7.96. The molecule has 4 rings (SSSR count). The topological polar surface area (TPSA) is 54.9 Å². The highest BCUT2D eigenvalue weighted by Crippen LogP contribution is 2.52. The van der Waals surface area contributed by atoms with Crippen LogP contribution in [0.4, 0.5) is 0 Å². The molecule has 4 unspecified atom stereocenters. The highest BCUT2D eigenvalue weighted by atomic mass is 127. The van der Waals surface area contributed by atoms with Gasteiger partial charge in [-0.1, -0.05) is 32.0 Å². The Balaban J connectivity index is 0.00000196. The highest BCUT2D eigenvalue weighted by molar-refractivity contribution is 14.0. The van der Waals surface area contributed by atoms with Crippen LogP contribution in [0.3, 0.4) is 0 Å². The average Bonchev–Trinajstić information content (AvgIpc) is 3.22. The van der Waals surface area contributed by atoms with E-state index in [1.807, 2.05) is 12.1 Å². The van der Waals surface area contributed by atoms with Gasteiger partial charge in [-0.25, -0.2) is 4.99 Å². The molecule has 6 heteroatoms. The Kier molecular flexibility index (Phi) is 6.01. The van der Waals surface area contributed by atoms with Crippen LogP contribution < -0.4 is 15.4 Å². The molecule has 26 heavy (non-hydrogen) atoms. The number of halogens is 1. The number of ether oxygens (including phenoxy) is 2. The molecule has 2 heterocycles. The van der Waals surface area contributed by atoms with Crippen molar-refractivity contribution in [2.75, 3.05) is 19.7 Å². The number of hydrogen-bond acceptors (Lipinski definition) is 3. The molecule has 0 spiro atoms. The summed E-state index contributed by atoms with van der Waals surface area (Å²) < 4.78 is 11.9. The zero-order chi connectivity index (χ0) is 17.4. The minimum Gasteiger partial charge on any atom is -0.488 e. The molecular weight excluding hydrogens is 441 g/mol. The van der Waals surface area contributed by atoms with Crippen molar-refractivity contribution in [2.45, 2.75) is 51.9 Å². The number of nitrogens with one attached hydrogen (secondary N) is 2. The van der Waals surface area contributed by atoms with Gasteiger partial charge in [-0.15, -0.1) is 24.0 Å². The molecule has 4 atom stereocenters. The maximum Gasteiger partial charge on any atom is 0.191 e. The van der Waals surface area contributed by atoms with Crippen LogP contribution in [0.1, 0.15) is 32.8 Å². The molecule has 1 aliphatic carbocycles. The lowest BCUT2D eigenvalue weighted by Gasteiger charge is -2.54. The lowest BCUT2D eigenvalue weighted by Crippen LogP contribution is -2.68. The molecule has 3 aliphatic rings. The van der Waals surface area contributed by atoms with E-state index in [4.69, 9.17) is 14.5 Å². The van der Waals surface area contributed by atoms with Crippen LogP contribution in [0.2, 0.25) is 0 Å². The standard InChI is InChI=1S/C20H29N3O2.HI/c1-4-21-19(23-17-15-9-10-24-18(15)20(17,2)3)22-12-14-11-13-7-5-6-8-16(13)25-14;/h5-8,14-15,17-18H,4,9-12H2,1-3H3,(H2,21,22,23);1H. The lowest BCUT2D eigenvalue weighted by molar-refractivity contribution is -0.106. The van der Waals surface area contributed by atoms with E-state index in [1.54, 1.807) is 0 Å². The van der Waals surface area contributed by atoms with Gasteiger partial charge in [0.05, 0.1) is 12.6 Å². The van der Waals surface area contributed by atoms with Crippen molar-refractivity contribution in [1.29, 1.82) is 0 Å². The summed E-state index contributed by atoms with van der Waals surface area (Å²) in [4.78, 5) is 4.81. The van der Waals surface area contributed by atoms with Gasteiger partial charge in [0.1, 0.15) is 11.9 Å². The maximum atomic E-state index is 6.01. The molecule has 5 nitrogen and oxygen atoms in total. The first kappa shape index (κ1) is 19.7. The normalized spacial score (nSPS) is 31.1. The Labute approximate surface area is 173 Å². The molecule has 1 aromatic carbocycles. The summed E-state index contributed by atoms with van der Waals surface area (Å²) in [6.07, 6.45) is 2.60. The summed E-state index contributed by atoms with van der Waals surface area (Å²) in [5.74, 6) is 2.50. The van der Waals surface area contributed by atoms with Crippen LogP contribution in [0.15, 0.2) is 29.3 Å². The van der Waals surface area contributed by atoms with Gasteiger partial charge in [-0.05, 0) is 25.0 Å². The van der Waals surface area contributed by atoms with Crippen molar-refractivity contribution < 1.29 is 9.47 Å². The molecule has 1 aromatic rings. The van der Waals surface area contributed by atoms with Gasteiger partial charge in [0, 0.05) is 36.9 Å². The fourth-order valence-corrected chi connectivity index (χ4v) is 4.63. The third kappa shape index (κ3) is 3.54. The number of fused-ring (bicyclic) bond motifs is 2. The average molecular weight is 471 g/mol. The van der Waals surface area contributed by atoms with E-state index >= 15 is 0 Å². The fourth-order valence-electron chi connectivity index (χ4n) is 4.63. The number of guanidine groups is 1. The van der Waals surface area contributed by atoms with Gasteiger partial charge in [-0.3, -0.25) is 0 Å². The van der Waals surface area contributed by atoms with Gasteiger partial charge in [0.2, 0.25) is 0 Å². The minimum absolute atomic E-state index is 0. The summed E-state index contributed by atoms with van der Waals surface area (Å²) in [7, 11) is 0. The molecule has 1 saturated carbocycles.